The summed E-state index contributed by atoms with van der Waals surface area (Å²) in [6, 6.07) is -0.482. The molecule has 1 fully saturated rings. The summed E-state index contributed by atoms with van der Waals surface area (Å²) < 4.78 is 0. The third-order valence-electron chi connectivity index (χ3n) is 2.28. The van der Waals surface area contributed by atoms with Gasteiger partial charge in [-0.3, -0.25) is 4.79 Å². The summed E-state index contributed by atoms with van der Waals surface area (Å²) >= 11 is 4.19. The Bertz CT molecular complexity index is 198. The van der Waals surface area contributed by atoms with Crippen molar-refractivity contribution in [2.24, 2.45) is 0 Å². The highest BCUT2D eigenvalue weighted by Crippen LogP contribution is 2.19. The minimum Gasteiger partial charge on any atom is -0.394 e. The number of likely N-dealkylation sites (tertiary alicyclic amines) is 1. The van der Waals surface area contributed by atoms with Gasteiger partial charge in [-0.05, 0) is 6.92 Å². The smallest absolute Gasteiger partial charge is 0.224 e. The summed E-state index contributed by atoms with van der Waals surface area (Å²) in [6.45, 7) is 1.88. The van der Waals surface area contributed by atoms with Crippen LogP contribution in [0.5, 0.6) is 0 Å². The van der Waals surface area contributed by atoms with E-state index in [0.717, 1.165) is 0 Å². The molecule has 3 atom stereocenters. The number of carbonyl (C=O) groups excluding carboxylic acids is 1. The van der Waals surface area contributed by atoms with Crippen LogP contribution in [0.2, 0.25) is 0 Å². The van der Waals surface area contributed by atoms with Crippen LogP contribution in [-0.4, -0.2) is 51.6 Å². The van der Waals surface area contributed by atoms with E-state index in [2.05, 4.69) is 12.6 Å². The first-order chi connectivity index (χ1) is 6.06. The Morgan fingerprint density at radius 3 is 2.69 bits per heavy atom. The van der Waals surface area contributed by atoms with Gasteiger partial charge in [-0.25, -0.2) is 0 Å². The van der Waals surface area contributed by atoms with Crippen molar-refractivity contribution in [3.63, 3.8) is 0 Å². The van der Waals surface area contributed by atoms with Crippen LogP contribution in [0, 0.1) is 0 Å². The van der Waals surface area contributed by atoms with Crippen LogP contribution in [0.25, 0.3) is 0 Å². The number of aliphatic hydroxyl groups excluding tert-OH is 2. The highest BCUT2D eigenvalue weighted by Gasteiger charge is 2.34. The molecule has 0 spiro atoms. The lowest BCUT2D eigenvalue weighted by Crippen LogP contribution is -2.45. The summed E-state index contributed by atoms with van der Waals surface area (Å²) in [5, 5.41) is 18.3. The minimum atomic E-state index is -0.701. The van der Waals surface area contributed by atoms with Crippen molar-refractivity contribution in [2.75, 3.05) is 13.2 Å². The molecule has 1 unspecified atom stereocenters. The standard InChI is InChI=1S/C8H15NO3S/c1-5(11)7(4-10)9-3-6(13)2-8(9)12/h5-7,10-11,13H,2-4H2,1H3/t5-,6?,7-/m1/s1. The predicted octanol–water partition coefficient (Wildman–Crippen LogP) is -0.741. The second-order valence-electron chi connectivity index (χ2n) is 3.39. The first kappa shape index (κ1) is 10.8. The molecule has 4 nitrogen and oxygen atoms in total. The van der Waals surface area contributed by atoms with Crippen molar-refractivity contribution in [2.45, 2.75) is 30.7 Å². The van der Waals surface area contributed by atoms with E-state index in [9.17, 15) is 9.90 Å². The lowest BCUT2D eigenvalue weighted by atomic mass is 10.2. The number of nitrogens with zero attached hydrogens (tertiary/aromatic N) is 1. The van der Waals surface area contributed by atoms with E-state index in [1.54, 1.807) is 6.92 Å². The van der Waals surface area contributed by atoms with Gasteiger partial charge >= 0.3 is 0 Å². The van der Waals surface area contributed by atoms with Gasteiger partial charge in [0.25, 0.3) is 0 Å². The zero-order chi connectivity index (χ0) is 10.0. The third kappa shape index (κ3) is 2.36. The van der Waals surface area contributed by atoms with E-state index in [1.807, 2.05) is 0 Å². The van der Waals surface area contributed by atoms with E-state index in [4.69, 9.17) is 5.11 Å². The molecule has 0 aromatic carbocycles. The van der Waals surface area contributed by atoms with Gasteiger partial charge in [0.1, 0.15) is 0 Å². The van der Waals surface area contributed by atoms with Gasteiger partial charge in [0.15, 0.2) is 0 Å². The Labute approximate surface area is 83.0 Å². The van der Waals surface area contributed by atoms with Crippen molar-refractivity contribution in [3.8, 4) is 0 Å². The lowest BCUT2D eigenvalue weighted by molar-refractivity contribution is -0.132. The maximum atomic E-state index is 11.3. The highest BCUT2D eigenvalue weighted by atomic mass is 32.1. The third-order valence-corrected chi connectivity index (χ3v) is 2.63. The topological polar surface area (TPSA) is 60.8 Å². The SMILES string of the molecule is C[C@@H](O)[C@@H](CO)N1CC(S)CC1=O. The van der Waals surface area contributed by atoms with E-state index < -0.39 is 12.1 Å². The number of carbonyl (C=O) groups is 1. The Morgan fingerprint density at radius 1 is 1.77 bits per heavy atom. The van der Waals surface area contributed by atoms with Gasteiger partial charge in [-0.15, -0.1) is 0 Å². The van der Waals surface area contributed by atoms with Crippen LogP contribution in [0.3, 0.4) is 0 Å². The molecule has 0 aromatic heterocycles. The average molecular weight is 205 g/mol. The lowest BCUT2D eigenvalue weighted by Gasteiger charge is -2.28. The molecule has 0 saturated carbocycles. The molecule has 2 N–H and O–H groups in total. The van der Waals surface area contributed by atoms with Crippen molar-refractivity contribution in [1.29, 1.82) is 0 Å². The van der Waals surface area contributed by atoms with Crippen LogP contribution >= 0.6 is 12.6 Å². The Hall–Kier alpha value is -0.260. The van der Waals surface area contributed by atoms with Crippen LogP contribution in [-0.2, 0) is 4.79 Å². The van der Waals surface area contributed by atoms with Crippen molar-refractivity contribution < 1.29 is 15.0 Å². The van der Waals surface area contributed by atoms with E-state index in [0.29, 0.717) is 13.0 Å². The fourth-order valence-corrected chi connectivity index (χ4v) is 1.88. The molecule has 1 aliphatic heterocycles. The van der Waals surface area contributed by atoms with Gasteiger partial charge in [0.2, 0.25) is 5.91 Å². The maximum absolute atomic E-state index is 11.3. The molecule has 0 aromatic rings. The molecule has 0 aliphatic carbocycles. The van der Waals surface area contributed by atoms with E-state index in [-0.39, 0.29) is 17.8 Å². The molecule has 0 bridgehead atoms. The molecule has 76 valence electrons. The van der Waals surface area contributed by atoms with Gasteiger partial charge in [-0.1, -0.05) is 0 Å². The molecular formula is C8H15NO3S. The molecule has 0 radical (unpaired) electrons. The maximum Gasteiger partial charge on any atom is 0.224 e. The van der Waals surface area contributed by atoms with Crippen molar-refractivity contribution >= 4 is 18.5 Å². The molecule has 1 amide bonds. The minimum absolute atomic E-state index is 0.0281. The van der Waals surface area contributed by atoms with Crippen LogP contribution in [0.15, 0.2) is 0 Å². The summed E-state index contributed by atoms with van der Waals surface area (Å²) in [5.41, 5.74) is 0. The second-order valence-corrected chi connectivity index (χ2v) is 4.12. The molecule has 1 aliphatic rings. The number of rotatable bonds is 3. The molecule has 5 heteroatoms. The predicted molar refractivity (Wildman–Crippen MR) is 51.7 cm³/mol. The number of amides is 1. The quantitative estimate of drug-likeness (QED) is 0.532. The van der Waals surface area contributed by atoms with Gasteiger partial charge < -0.3 is 15.1 Å². The monoisotopic (exact) mass is 205 g/mol. The number of aliphatic hydroxyl groups is 2. The van der Waals surface area contributed by atoms with E-state index >= 15 is 0 Å². The largest absolute Gasteiger partial charge is 0.394 e. The van der Waals surface area contributed by atoms with Crippen LogP contribution < -0.4 is 0 Å². The van der Waals surface area contributed by atoms with Crippen molar-refractivity contribution in [1.82, 2.24) is 4.90 Å². The average Bonchev–Trinajstić information content (AvgIpc) is 2.31. The fraction of sp³-hybridized carbons (Fsp3) is 0.875. The van der Waals surface area contributed by atoms with Gasteiger partial charge in [-0.2, -0.15) is 12.6 Å². The number of hydrogen-bond donors (Lipinski definition) is 3. The first-order valence-corrected chi connectivity index (χ1v) is 4.84. The van der Waals surface area contributed by atoms with Crippen molar-refractivity contribution in [3.05, 3.63) is 0 Å². The summed E-state index contributed by atoms with van der Waals surface area (Å²) in [7, 11) is 0. The Morgan fingerprint density at radius 2 is 2.38 bits per heavy atom. The van der Waals surface area contributed by atoms with Gasteiger partial charge in [0, 0.05) is 18.2 Å². The second kappa shape index (κ2) is 4.30. The zero-order valence-corrected chi connectivity index (χ0v) is 8.44. The van der Waals surface area contributed by atoms with Crippen LogP contribution in [0.1, 0.15) is 13.3 Å². The normalized spacial score (nSPS) is 27.8. The Balaban J connectivity index is 2.64. The molecule has 1 heterocycles. The number of thiol groups is 1. The van der Waals surface area contributed by atoms with Crippen LogP contribution in [0.4, 0.5) is 0 Å². The van der Waals surface area contributed by atoms with Gasteiger partial charge in [0.05, 0.1) is 18.8 Å². The Kier molecular flexibility index (Phi) is 3.58. The molecule has 13 heavy (non-hydrogen) atoms. The molecule has 1 saturated heterocycles. The van der Waals surface area contributed by atoms with E-state index in [1.165, 1.54) is 4.90 Å². The summed E-state index contributed by atoms with van der Waals surface area (Å²) in [4.78, 5) is 12.8. The summed E-state index contributed by atoms with van der Waals surface area (Å²) in [6.07, 6.45) is -0.306. The fourth-order valence-electron chi connectivity index (χ4n) is 1.54. The zero-order valence-electron chi connectivity index (χ0n) is 7.55. The summed E-state index contributed by atoms with van der Waals surface area (Å²) in [5.74, 6) is -0.0417. The molecular weight excluding hydrogens is 190 g/mol. The first-order valence-electron chi connectivity index (χ1n) is 4.32. The highest BCUT2D eigenvalue weighted by molar-refractivity contribution is 7.81. The molecule has 1 rings (SSSR count). The number of hydrogen-bond acceptors (Lipinski definition) is 4.